The summed E-state index contributed by atoms with van der Waals surface area (Å²) in [6.45, 7) is 0. The Morgan fingerprint density at radius 2 is 1.94 bits per heavy atom. The lowest BCUT2D eigenvalue weighted by molar-refractivity contribution is 0.102. The maximum Gasteiger partial charge on any atom is 0.256 e. The molecular weight excluding hydrogens is 428 g/mol. The molecule has 0 aliphatic carbocycles. The normalized spacial score (nSPS) is 10.2. The monoisotopic (exact) mass is 435 g/mol. The van der Waals surface area contributed by atoms with Crippen molar-refractivity contribution in [3.8, 4) is 0 Å². The number of rotatable bonds is 2. The zero-order chi connectivity index (χ0) is 13.1. The van der Waals surface area contributed by atoms with Gasteiger partial charge in [0.1, 0.15) is 0 Å². The highest BCUT2D eigenvalue weighted by Gasteiger charge is 2.11. The number of carbonyl (C=O) groups excluding carboxylic acids is 1. The highest BCUT2D eigenvalue weighted by molar-refractivity contribution is 14.1. The molecule has 0 unspecified atom stereocenters. The molecule has 2 aromatic rings. The number of anilines is 1. The minimum atomic E-state index is -0.189. The van der Waals surface area contributed by atoms with Crippen molar-refractivity contribution in [3.63, 3.8) is 0 Å². The molecular formula is C13H8BrClINO. The Kier molecular flexibility index (Phi) is 4.64. The largest absolute Gasteiger partial charge is 0.321 e. The third kappa shape index (κ3) is 3.24. The smallest absolute Gasteiger partial charge is 0.256 e. The average molecular weight is 436 g/mol. The van der Waals surface area contributed by atoms with Gasteiger partial charge in [-0.05, 0) is 68.9 Å². The summed E-state index contributed by atoms with van der Waals surface area (Å²) >= 11 is 11.6. The quantitative estimate of drug-likeness (QED) is 0.663. The number of amides is 1. The van der Waals surface area contributed by atoms with E-state index < -0.39 is 0 Å². The predicted octanol–water partition coefficient (Wildman–Crippen LogP) is 4.96. The van der Waals surface area contributed by atoms with Gasteiger partial charge in [0.05, 0.1) is 16.3 Å². The second kappa shape index (κ2) is 6.04. The molecule has 0 fully saturated rings. The Bertz CT molecular complexity index is 603. The fourth-order valence-corrected chi connectivity index (χ4v) is 2.55. The van der Waals surface area contributed by atoms with E-state index in [1.54, 1.807) is 12.1 Å². The van der Waals surface area contributed by atoms with Crippen LogP contribution in [0.1, 0.15) is 10.4 Å². The van der Waals surface area contributed by atoms with Crippen LogP contribution in [0.2, 0.25) is 5.02 Å². The molecule has 0 saturated carbocycles. The lowest BCUT2D eigenvalue weighted by Crippen LogP contribution is -2.12. The maximum atomic E-state index is 12.1. The number of carbonyl (C=O) groups is 1. The molecule has 1 amide bonds. The SMILES string of the molecule is O=C(Nc1cc(I)ccc1Cl)c1ccccc1Br. The van der Waals surface area contributed by atoms with Crippen molar-refractivity contribution in [3.05, 3.63) is 61.1 Å². The lowest BCUT2D eigenvalue weighted by Gasteiger charge is -2.08. The molecule has 5 heteroatoms. The molecule has 0 spiro atoms. The number of hydrogen-bond donors (Lipinski definition) is 1. The maximum absolute atomic E-state index is 12.1. The van der Waals surface area contributed by atoms with Gasteiger partial charge in [-0.1, -0.05) is 23.7 Å². The Balaban J connectivity index is 2.27. The summed E-state index contributed by atoms with van der Waals surface area (Å²) in [5.74, 6) is -0.189. The first kappa shape index (κ1) is 13.8. The zero-order valence-corrected chi connectivity index (χ0v) is 13.6. The number of benzene rings is 2. The van der Waals surface area contributed by atoms with E-state index in [-0.39, 0.29) is 5.91 Å². The second-order valence-corrected chi connectivity index (χ2v) is 6.07. The van der Waals surface area contributed by atoms with Gasteiger partial charge in [0.15, 0.2) is 0 Å². The number of hydrogen-bond acceptors (Lipinski definition) is 1. The number of nitrogens with one attached hydrogen (secondary N) is 1. The van der Waals surface area contributed by atoms with Crippen LogP contribution in [0, 0.1) is 3.57 Å². The van der Waals surface area contributed by atoms with Crippen LogP contribution in [-0.2, 0) is 0 Å². The Morgan fingerprint density at radius 3 is 2.67 bits per heavy atom. The van der Waals surface area contributed by atoms with Gasteiger partial charge in [-0.15, -0.1) is 0 Å². The van der Waals surface area contributed by atoms with Crippen LogP contribution in [0.15, 0.2) is 46.9 Å². The third-order valence-electron chi connectivity index (χ3n) is 2.30. The van der Waals surface area contributed by atoms with Gasteiger partial charge in [0, 0.05) is 8.04 Å². The molecule has 2 aromatic carbocycles. The summed E-state index contributed by atoms with van der Waals surface area (Å²) in [5, 5.41) is 3.33. The van der Waals surface area contributed by atoms with Crippen LogP contribution < -0.4 is 5.32 Å². The fraction of sp³-hybridized carbons (Fsp3) is 0. The molecule has 2 nitrogen and oxygen atoms in total. The van der Waals surface area contributed by atoms with E-state index in [9.17, 15) is 4.79 Å². The summed E-state index contributed by atoms with van der Waals surface area (Å²) < 4.78 is 1.77. The summed E-state index contributed by atoms with van der Waals surface area (Å²) in [5.41, 5.74) is 1.19. The first-order chi connectivity index (χ1) is 8.58. The summed E-state index contributed by atoms with van der Waals surface area (Å²) in [6, 6.07) is 12.7. The number of halogens is 3. The molecule has 0 saturated heterocycles. The van der Waals surface area contributed by atoms with E-state index in [4.69, 9.17) is 11.6 Å². The van der Waals surface area contributed by atoms with Crippen molar-refractivity contribution in [1.29, 1.82) is 0 Å². The molecule has 0 radical (unpaired) electrons. The van der Waals surface area contributed by atoms with Gasteiger partial charge in [-0.25, -0.2) is 0 Å². The van der Waals surface area contributed by atoms with Gasteiger partial charge >= 0.3 is 0 Å². The van der Waals surface area contributed by atoms with Gasteiger partial charge < -0.3 is 5.32 Å². The standard InChI is InChI=1S/C13H8BrClINO/c14-10-4-2-1-3-9(10)13(18)17-12-7-8(16)5-6-11(12)15/h1-7H,(H,17,18). The molecule has 0 aromatic heterocycles. The van der Waals surface area contributed by atoms with Crippen molar-refractivity contribution in [2.24, 2.45) is 0 Å². The first-order valence-corrected chi connectivity index (χ1v) is 7.34. The zero-order valence-electron chi connectivity index (χ0n) is 9.08. The van der Waals surface area contributed by atoms with Crippen molar-refractivity contribution in [2.75, 3.05) is 5.32 Å². The highest BCUT2D eigenvalue weighted by atomic mass is 127. The molecule has 0 aliphatic heterocycles. The average Bonchev–Trinajstić information content (AvgIpc) is 2.34. The molecule has 1 N–H and O–H groups in total. The van der Waals surface area contributed by atoms with Crippen LogP contribution in [-0.4, -0.2) is 5.91 Å². The lowest BCUT2D eigenvalue weighted by atomic mass is 10.2. The topological polar surface area (TPSA) is 29.1 Å². The summed E-state index contributed by atoms with van der Waals surface area (Å²) in [4.78, 5) is 12.1. The first-order valence-electron chi connectivity index (χ1n) is 5.09. The highest BCUT2D eigenvalue weighted by Crippen LogP contribution is 2.25. The molecule has 0 aliphatic rings. The molecule has 0 heterocycles. The van der Waals surface area contributed by atoms with E-state index in [0.717, 1.165) is 8.04 Å². The molecule has 92 valence electrons. The summed E-state index contributed by atoms with van der Waals surface area (Å²) in [7, 11) is 0. The van der Waals surface area contributed by atoms with Gasteiger partial charge in [0.25, 0.3) is 5.91 Å². The molecule has 18 heavy (non-hydrogen) atoms. The van der Waals surface area contributed by atoms with Crippen molar-refractivity contribution < 1.29 is 4.79 Å². The van der Waals surface area contributed by atoms with Crippen LogP contribution in [0.5, 0.6) is 0 Å². The van der Waals surface area contributed by atoms with Gasteiger partial charge in [-0.3, -0.25) is 4.79 Å². The van der Waals surface area contributed by atoms with E-state index in [0.29, 0.717) is 16.3 Å². The van der Waals surface area contributed by atoms with E-state index in [2.05, 4.69) is 43.8 Å². The van der Waals surface area contributed by atoms with E-state index in [1.807, 2.05) is 30.3 Å². The Hall–Kier alpha value is -0.590. The van der Waals surface area contributed by atoms with Crippen LogP contribution in [0.3, 0.4) is 0 Å². The van der Waals surface area contributed by atoms with E-state index in [1.165, 1.54) is 0 Å². The Labute approximate surface area is 132 Å². The van der Waals surface area contributed by atoms with Gasteiger partial charge in [-0.2, -0.15) is 0 Å². The summed E-state index contributed by atoms with van der Waals surface area (Å²) in [6.07, 6.45) is 0. The second-order valence-electron chi connectivity index (χ2n) is 3.56. The van der Waals surface area contributed by atoms with Crippen LogP contribution in [0.25, 0.3) is 0 Å². The van der Waals surface area contributed by atoms with Crippen LogP contribution >= 0.6 is 50.1 Å². The fourth-order valence-electron chi connectivity index (χ4n) is 1.43. The van der Waals surface area contributed by atoms with Crippen molar-refractivity contribution in [1.82, 2.24) is 0 Å². The minimum Gasteiger partial charge on any atom is -0.321 e. The molecule has 0 atom stereocenters. The third-order valence-corrected chi connectivity index (χ3v) is 3.99. The predicted molar refractivity (Wildman–Crippen MR) is 86.3 cm³/mol. The van der Waals surface area contributed by atoms with E-state index >= 15 is 0 Å². The Morgan fingerprint density at radius 1 is 1.22 bits per heavy atom. The van der Waals surface area contributed by atoms with Crippen molar-refractivity contribution in [2.45, 2.75) is 0 Å². The van der Waals surface area contributed by atoms with Crippen LogP contribution in [0.4, 0.5) is 5.69 Å². The minimum absolute atomic E-state index is 0.189. The van der Waals surface area contributed by atoms with Crippen molar-refractivity contribution >= 4 is 61.7 Å². The molecule has 0 bridgehead atoms. The van der Waals surface area contributed by atoms with Gasteiger partial charge in [0.2, 0.25) is 0 Å². The molecule has 2 rings (SSSR count).